The van der Waals surface area contributed by atoms with E-state index >= 15 is 0 Å². The molecule has 0 unspecified atom stereocenters. The predicted molar refractivity (Wildman–Crippen MR) is 189 cm³/mol. The molecule has 3 aromatic rings. The number of alkyl halides is 3. The third kappa shape index (κ3) is 12.7. The number of aliphatic hydroxyl groups is 1. The zero-order valence-corrected chi connectivity index (χ0v) is 30.7. The first-order valence-corrected chi connectivity index (χ1v) is 17.2. The minimum atomic E-state index is -5.53. The van der Waals surface area contributed by atoms with Crippen molar-refractivity contribution >= 4 is 35.6 Å². The van der Waals surface area contributed by atoms with Crippen LogP contribution in [-0.4, -0.2) is 88.1 Å². The summed E-state index contributed by atoms with van der Waals surface area (Å²) in [5.74, 6) is -9.85. The first-order valence-electron chi connectivity index (χ1n) is 17.2. The maximum Gasteiger partial charge on any atom is 0.491 e. The second kappa shape index (κ2) is 19.3. The molecule has 1 aromatic heterocycles. The highest BCUT2D eigenvalue weighted by Gasteiger charge is 2.44. The van der Waals surface area contributed by atoms with Gasteiger partial charge in [0.25, 0.3) is 0 Å². The van der Waals surface area contributed by atoms with E-state index in [1.807, 2.05) is 56.4 Å². The second-order valence-corrected chi connectivity index (χ2v) is 13.8. The van der Waals surface area contributed by atoms with E-state index in [-0.39, 0.29) is 25.1 Å². The summed E-state index contributed by atoms with van der Waals surface area (Å²) in [5, 5.41) is 14.3. The summed E-state index contributed by atoms with van der Waals surface area (Å²) in [6.07, 6.45) is -5.62. The van der Waals surface area contributed by atoms with Gasteiger partial charge in [0.15, 0.2) is 0 Å². The van der Waals surface area contributed by atoms with Gasteiger partial charge in [-0.1, -0.05) is 51.1 Å². The van der Waals surface area contributed by atoms with Crippen molar-refractivity contribution in [2.45, 2.75) is 70.9 Å². The number of benzene rings is 2. The van der Waals surface area contributed by atoms with Crippen LogP contribution in [0.2, 0.25) is 0 Å². The molecule has 0 fully saturated rings. The standard InChI is InChI=1S/C37H43F5N6O8/c1-36(2,3)32(28-15-22(24-16-23(38)9-10-25(24)39)19-47(28)18-21-7-5-4-6-8-21)48(31(52)20-49)14-12-26(43)33(53)45-13-11-30(51)46-27(17-29(44)50)34(54)56-35(55)37(40,41)42/h4-10,15-16,19,26-27,32,49H,11-14,17-18,20,43H2,1-3H3,(H2,44,50)(H,45,53)(H,46,51)/t26-,27-,32-/m0/s1. The highest BCUT2D eigenvalue weighted by molar-refractivity contribution is 5.95. The quantitative estimate of drug-likeness (QED) is 0.0770. The van der Waals surface area contributed by atoms with E-state index in [1.54, 1.807) is 16.8 Å². The maximum absolute atomic E-state index is 15.0. The highest BCUT2D eigenvalue weighted by atomic mass is 19.4. The highest BCUT2D eigenvalue weighted by Crippen LogP contribution is 2.41. The fraction of sp³-hybridized carbons (Fsp3) is 0.405. The van der Waals surface area contributed by atoms with Crippen molar-refractivity contribution < 1.29 is 60.6 Å². The van der Waals surface area contributed by atoms with Gasteiger partial charge in [0.05, 0.1) is 18.5 Å². The minimum Gasteiger partial charge on any atom is -0.387 e. The average molecular weight is 795 g/mol. The number of nitrogens with one attached hydrogen (secondary N) is 2. The van der Waals surface area contributed by atoms with Crippen molar-refractivity contribution in [2.75, 3.05) is 19.7 Å². The zero-order chi connectivity index (χ0) is 42.0. The maximum atomic E-state index is 15.0. The van der Waals surface area contributed by atoms with Gasteiger partial charge in [0, 0.05) is 49.1 Å². The molecule has 56 heavy (non-hydrogen) atoms. The SMILES string of the molecule is CC(C)(C)[C@H](c1cc(-c2cc(F)ccc2F)cn1Cc1ccccc1)N(CC[C@H](N)C(=O)NCCC(=O)N[C@@H](CC(N)=O)C(=O)OC(=O)C(F)(F)F)C(=O)CO. The van der Waals surface area contributed by atoms with Crippen LogP contribution in [0.3, 0.4) is 0 Å². The Morgan fingerprint density at radius 3 is 2.23 bits per heavy atom. The van der Waals surface area contributed by atoms with Gasteiger partial charge in [-0.15, -0.1) is 0 Å². The molecule has 1 heterocycles. The topological polar surface area (TPSA) is 216 Å². The molecule has 7 N–H and O–H groups in total. The molecule has 0 aliphatic rings. The number of carbonyl (C=O) groups is 6. The largest absolute Gasteiger partial charge is 0.491 e. The monoisotopic (exact) mass is 794 g/mol. The van der Waals surface area contributed by atoms with Crippen molar-refractivity contribution in [1.82, 2.24) is 20.1 Å². The lowest BCUT2D eigenvalue weighted by Gasteiger charge is -2.41. The third-order valence-electron chi connectivity index (χ3n) is 8.35. The normalized spacial score (nSPS) is 13.2. The number of carbonyl (C=O) groups excluding carboxylic acids is 6. The molecule has 0 saturated heterocycles. The van der Waals surface area contributed by atoms with Gasteiger partial charge in [-0.2, -0.15) is 13.2 Å². The van der Waals surface area contributed by atoms with Crippen LogP contribution < -0.4 is 22.1 Å². The molecule has 0 spiro atoms. The van der Waals surface area contributed by atoms with Crippen molar-refractivity contribution in [3.8, 4) is 11.1 Å². The smallest absolute Gasteiger partial charge is 0.387 e. The first kappa shape index (κ1) is 44.7. The Morgan fingerprint density at radius 2 is 1.64 bits per heavy atom. The lowest BCUT2D eigenvalue weighted by Crippen LogP contribution is -2.48. The Hall–Kier alpha value is -5.69. The Morgan fingerprint density at radius 1 is 0.982 bits per heavy atom. The summed E-state index contributed by atoms with van der Waals surface area (Å²) in [4.78, 5) is 74.4. The summed E-state index contributed by atoms with van der Waals surface area (Å²) >= 11 is 0. The number of aromatic nitrogens is 1. The van der Waals surface area contributed by atoms with Crippen molar-refractivity contribution in [3.05, 3.63) is 83.7 Å². The van der Waals surface area contributed by atoms with Crippen LogP contribution in [-0.2, 0) is 40.0 Å². The molecule has 3 atom stereocenters. The van der Waals surface area contributed by atoms with Gasteiger partial charge in [-0.25, -0.2) is 18.4 Å². The number of amides is 4. The fourth-order valence-electron chi connectivity index (χ4n) is 5.82. The van der Waals surface area contributed by atoms with E-state index in [2.05, 4.69) is 10.1 Å². The number of ether oxygens (including phenoxy) is 1. The van der Waals surface area contributed by atoms with Crippen LogP contribution in [0, 0.1) is 17.0 Å². The number of hydrogen-bond acceptors (Lipinski definition) is 9. The molecule has 0 aliphatic heterocycles. The molecule has 14 nitrogen and oxygen atoms in total. The van der Waals surface area contributed by atoms with Crippen LogP contribution in [0.15, 0.2) is 60.8 Å². The number of halogens is 5. The van der Waals surface area contributed by atoms with Crippen molar-refractivity contribution in [2.24, 2.45) is 16.9 Å². The van der Waals surface area contributed by atoms with Gasteiger partial charge in [0.2, 0.25) is 23.6 Å². The van der Waals surface area contributed by atoms with E-state index in [1.165, 1.54) is 4.90 Å². The van der Waals surface area contributed by atoms with Crippen LogP contribution in [0.25, 0.3) is 11.1 Å². The number of hydrogen-bond donors (Lipinski definition) is 5. The molecule has 0 bridgehead atoms. The summed E-state index contributed by atoms with van der Waals surface area (Å²) in [6, 6.07) is 9.76. The first-order chi connectivity index (χ1) is 26.1. The molecule has 3 rings (SSSR count). The van der Waals surface area contributed by atoms with Crippen molar-refractivity contribution in [3.63, 3.8) is 0 Å². The van der Waals surface area contributed by atoms with Crippen molar-refractivity contribution in [1.29, 1.82) is 0 Å². The summed E-state index contributed by atoms with van der Waals surface area (Å²) in [7, 11) is 0. The summed E-state index contributed by atoms with van der Waals surface area (Å²) in [5.41, 5.74) is 12.0. The van der Waals surface area contributed by atoms with Gasteiger partial charge in [0.1, 0.15) is 24.3 Å². The molecule has 0 aliphatic carbocycles. The Kier molecular flexibility index (Phi) is 15.4. The number of nitrogens with two attached hydrogens (primary N) is 2. The molecule has 0 saturated carbocycles. The molecule has 304 valence electrons. The van der Waals surface area contributed by atoms with E-state index in [4.69, 9.17) is 11.5 Å². The number of rotatable bonds is 17. The molecule has 4 amide bonds. The number of primary amides is 1. The summed E-state index contributed by atoms with van der Waals surface area (Å²) < 4.78 is 72.2. The number of aliphatic hydroxyl groups excluding tert-OH is 1. The number of esters is 2. The molecule has 0 radical (unpaired) electrons. The molecule has 2 aromatic carbocycles. The molecule has 19 heteroatoms. The Labute approximate surface area is 318 Å². The Balaban J connectivity index is 1.78. The predicted octanol–water partition coefficient (Wildman–Crippen LogP) is 2.61. The van der Waals surface area contributed by atoms with Gasteiger partial charge < -0.3 is 41.4 Å². The Bertz CT molecular complexity index is 1900. The number of nitrogens with zero attached hydrogens (tertiary/aromatic N) is 2. The van der Waals surface area contributed by atoms with Crippen LogP contribution in [0.1, 0.15) is 57.3 Å². The van der Waals surface area contributed by atoms with Crippen LogP contribution in [0.5, 0.6) is 0 Å². The second-order valence-electron chi connectivity index (χ2n) is 13.8. The molecular weight excluding hydrogens is 751 g/mol. The zero-order valence-electron chi connectivity index (χ0n) is 30.7. The van der Waals surface area contributed by atoms with E-state index in [9.17, 15) is 55.8 Å². The van der Waals surface area contributed by atoms with Crippen LogP contribution >= 0.6 is 0 Å². The third-order valence-corrected chi connectivity index (χ3v) is 8.35. The lowest BCUT2D eigenvalue weighted by atomic mass is 9.82. The molecular formula is C37H43F5N6O8. The van der Waals surface area contributed by atoms with Crippen LogP contribution in [0.4, 0.5) is 22.0 Å². The minimum absolute atomic E-state index is 0.0157. The summed E-state index contributed by atoms with van der Waals surface area (Å²) in [6.45, 7) is 4.26. The van der Waals surface area contributed by atoms with Gasteiger partial charge in [-0.3, -0.25) is 19.2 Å². The van der Waals surface area contributed by atoms with Gasteiger partial charge >= 0.3 is 18.1 Å². The van der Waals surface area contributed by atoms with E-state index < -0.39 is 103 Å². The van der Waals surface area contributed by atoms with E-state index in [0.29, 0.717) is 11.3 Å². The van der Waals surface area contributed by atoms with E-state index in [0.717, 1.165) is 23.8 Å². The lowest BCUT2D eigenvalue weighted by molar-refractivity contribution is -0.202. The van der Waals surface area contributed by atoms with Gasteiger partial charge in [-0.05, 0) is 41.7 Å². The average Bonchev–Trinajstić information content (AvgIpc) is 3.51. The fourth-order valence-corrected chi connectivity index (χ4v) is 5.82.